The Kier molecular flexibility index (Phi) is 5.75. The Bertz CT molecular complexity index is 1230. The van der Waals surface area contributed by atoms with E-state index < -0.39 is 0 Å². The van der Waals surface area contributed by atoms with Gasteiger partial charge in [0.2, 0.25) is 16.7 Å². The Hall–Kier alpha value is -2.69. The summed E-state index contributed by atoms with van der Waals surface area (Å²) in [6.07, 6.45) is 2.99. The lowest BCUT2D eigenvalue weighted by Gasteiger charge is -2.36. The molecule has 166 valence electrons. The van der Waals surface area contributed by atoms with Gasteiger partial charge in [-0.1, -0.05) is 39.4 Å². The molecule has 10 heteroatoms. The van der Waals surface area contributed by atoms with Gasteiger partial charge >= 0.3 is 5.97 Å². The summed E-state index contributed by atoms with van der Waals surface area (Å²) < 4.78 is 12.8. The summed E-state index contributed by atoms with van der Waals surface area (Å²) in [5.74, 6) is 0.808. The Morgan fingerprint density at radius 1 is 1.28 bits per heavy atom. The minimum atomic E-state index is -0.178. The smallest absolute Gasteiger partial charge is 0.308 e. The number of aromatic nitrogens is 3. The van der Waals surface area contributed by atoms with Gasteiger partial charge in [0.1, 0.15) is 0 Å². The van der Waals surface area contributed by atoms with Crippen molar-refractivity contribution in [2.24, 2.45) is 5.92 Å². The molecule has 1 fully saturated rings. The predicted octanol–water partition coefficient (Wildman–Crippen LogP) is 4.49. The predicted molar refractivity (Wildman–Crippen MR) is 123 cm³/mol. The van der Waals surface area contributed by atoms with Crippen molar-refractivity contribution in [2.45, 2.75) is 18.9 Å². The number of carbonyl (C=O) groups excluding carboxylic acids is 1. The lowest BCUT2D eigenvalue weighted by molar-refractivity contribution is -0.147. The zero-order valence-corrected chi connectivity index (χ0v) is 19.7. The van der Waals surface area contributed by atoms with Crippen LogP contribution >= 0.6 is 27.3 Å². The molecule has 0 bridgehead atoms. The van der Waals surface area contributed by atoms with Crippen LogP contribution in [0.3, 0.4) is 0 Å². The highest BCUT2D eigenvalue weighted by Crippen LogP contribution is 2.42. The van der Waals surface area contributed by atoms with Crippen molar-refractivity contribution < 1.29 is 19.1 Å². The number of halogens is 1. The third-order valence-electron chi connectivity index (χ3n) is 5.80. The standard InChI is InChI=1S/C22H21BrN4O4S/c1-30-21(29)14-8-10-26(11-9-14)17(13-4-6-15(23)7-5-13)18-20(28)27-22(32-18)24-19(25-27)16-3-2-12-31-16/h2-7,12,14,17,28H,8-11H2,1H3/t17-/m1/s1. The summed E-state index contributed by atoms with van der Waals surface area (Å²) in [6.45, 7) is 1.43. The molecule has 4 heterocycles. The molecule has 1 aromatic carbocycles. The summed E-state index contributed by atoms with van der Waals surface area (Å²) in [5, 5.41) is 15.6. The highest BCUT2D eigenvalue weighted by atomic mass is 79.9. The summed E-state index contributed by atoms with van der Waals surface area (Å²) in [7, 11) is 1.43. The number of aromatic hydroxyl groups is 1. The van der Waals surface area contributed by atoms with E-state index in [1.54, 1.807) is 18.4 Å². The van der Waals surface area contributed by atoms with Crippen LogP contribution in [0, 0.1) is 5.92 Å². The van der Waals surface area contributed by atoms with Crippen LogP contribution in [0.1, 0.15) is 29.3 Å². The topological polar surface area (TPSA) is 93.1 Å². The lowest BCUT2D eigenvalue weighted by Crippen LogP contribution is -2.39. The number of furan rings is 1. The first-order valence-electron chi connectivity index (χ1n) is 10.2. The molecule has 0 unspecified atom stereocenters. The van der Waals surface area contributed by atoms with E-state index in [2.05, 4.69) is 30.9 Å². The van der Waals surface area contributed by atoms with Crippen LogP contribution in [0.4, 0.5) is 0 Å². The molecule has 0 saturated carbocycles. The number of thiazole rings is 1. The fraction of sp³-hybridized carbons (Fsp3) is 0.318. The molecule has 0 spiro atoms. The molecule has 1 N–H and O–H groups in total. The number of fused-ring (bicyclic) bond motifs is 1. The van der Waals surface area contributed by atoms with Gasteiger partial charge in [-0.05, 0) is 55.8 Å². The van der Waals surface area contributed by atoms with E-state index in [4.69, 9.17) is 9.15 Å². The molecule has 1 atom stereocenters. The first-order valence-corrected chi connectivity index (χ1v) is 11.9. The molecule has 3 aromatic heterocycles. The molecule has 1 aliphatic heterocycles. The van der Waals surface area contributed by atoms with Crippen LogP contribution in [0.15, 0.2) is 51.6 Å². The number of esters is 1. The van der Waals surface area contributed by atoms with Crippen molar-refractivity contribution in [1.29, 1.82) is 0 Å². The van der Waals surface area contributed by atoms with E-state index in [9.17, 15) is 9.90 Å². The third kappa shape index (κ3) is 3.82. The van der Waals surface area contributed by atoms with Gasteiger partial charge in [0.05, 0.1) is 30.2 Å². The fourth-order valence-corrected chi connectivity index (χ4v) is 5.55. The van der Waals surface area contributed by atoms with Gasteiger partial charge in [0.25, 0.3) is 0 Å². The van der Waals surface area contributed by atoms with Gasteiger partial charge in [-0.2, -0.15) is 9.50 Å². The maximum atomic E-state index is 12.0. The van der Waals surface area contributed by atoms with Crippen LogP contribution in [-0.4, -0.2) is 50.8 Å². The number of hydrogen-bond donors (Lipinski definition) is 1. The fourth-order valence-electron chi connectivity index (χ4n) is 4.17. The van der Waals surface area contributed by atoms with Crippen molar-refractivity contribution >= 4 is 38.2 Å². The molecule has 0 aliphatic carbocycles. The highest BCUT2D eigenvalue weighted by molar-refractivity contribution is 9.10. The Labute approximate surface area is 196 Å². The van der Waals surface area contributed by atoms with E-state index in [1.807, 2.05) is 24.3 Å². The quantitative estimate of drug-likeness (QED) is 0.390. The first kappa shape index (κ1) is 21.2. The SMILES string of the molecule is COC(=O)C1CCN([C@H](c2ccc(Br)cc2)c2sc3nc(-c4ccco4)nn3c2O)CC1. The molecule has 0 radical (unpaired) electrons. The molecule has 32 heavy (non-hydrogen) atoms. The number of benzene rings is 1. The van der Waals surface area contributed by atoms with E-state index in [-0.39, 0.29) is 23.8 Å². The van der Waals surface area contributed by atoms with Gasteiger partial charge in [0, 0.05) is 4.47 Å². The van der Waals surface area contributed by atoms with Gasteiger partial charge in [-0.25, -0.2) is 0 Å². The molecule has 8 nitrogen and oxygen atoms in total. The maximum absolute atomic E-state index is 12.0. The van der Waals surface area contributed by atoms with E-state index in [0.717, 1.165) is 14.9 Å². The molecular weight excluding hydrogens is 496 g/mol. The molecule has 5 rings (SSSR count). The second-order valence-electron chi connectivity index (χ2n) is 7.68. The largest absolute Gasteiger partial charge is 0.492 e. The van der Waals surface area contributed by atoms with Crippen LogP contribution in [0.25, 0.3) is 16.5 Å². The number of hydrogen-bond acceptors (Lipinski definition) is 8. The third-order valence-corrected chi connectivity index (χ3v) is 7.41. The summed E-state index contributed by atoms with van der Waals surface area (Å²) in [5.41, 5.74) is 1.05. The number of carbonyl (C=O) groups is 1. The van der Waals surface area contributed by atoms with Crippen LogP contribution < -0.4 is 0 Å². The summed E-state index contributed by atoms with van der Waals surface area (Å²) in [4.78, 5) is 20.2. The Morgan fingerprint density at radius 2 is 2.03 bits per heavy atom. The first-order chi connectivity index (χ1) is 15.5. The van der Waals surface area contributed by atoms with Gasteiger partial charge in [-0.15, -0.1) is 5.10 Å². The number of piperidine rings is 1. The minimum absolute atomic E-state index is 0.0679. The van der Waals surface area contributed by atoms with Crippen LogP contribution in [-0.2, 0) is 9.53 Å². The number of ether oxygens (including phenoxy) is 1. The van der Waals surface area contributed by atoms with E-state index >= 15 is 0 Å². The molecular formula is C22H21BrN4O4S. The summed E-state index contributed by atoms with van der Waals surface area (Å²) >= 11 is 4.90. The second-order valence-corrected chi connectivity index (χ2v) is 9.61. The number of nitrogens with zero attached hydrogens (tertiary/aromatic N) is 4. The molecule has 0 amide bonds. The van der Waals surface area contributed by atoms with Crippen molar-refractivity contribution in [3.8, 4) is 17.5 Å². The van der Waals surface area contributed by atoms with Crippen LogP contribution in [0.2, 0.25) is 0 Å². The van der Waals surface area contributed by atoms with Crippen molar-refractivity contribution in [2.75, 3.05) is 20.2 Å². The second kappa shape index (κ2) is 8.68. The highest BCUT2D eigenvalue weighted by Gasteiger charge is 2.34. The zero-order chi connectivity index (χ0) is 22.2. The Balaban J connectivity index is 1.51. The van der Waals surface area contributed by atoms with Crippen LogP contribution in [0.5, 0.6) is 5.88 Å². The average molecular weight is 517 g/mol. The van der Waals surface area contributed by atoms with Gasteiger partial charge in [-0.3, -0.25) is 9.69 Å². The normalized spacial score (nSPS) is 16.4. The number of methoxy groups -OCH3 is 1. The zero-order valence-electron chi connectivity index (χ0n) is 17.3. The maximum Gasteiger partial charge on any atom is 0.308 e. The molecule has 1 aliphatic rings. The molecule has 4 aromatic rings. The Morgan fingerprint density at radius 3 is 2.66 bits per heavy atom. The van der Waals surface area contributed by atoms with Crippen molar-refractivity contribution in [1.82, 2.24) is 19.5 Å². The van der Waals surface area contributed by atoms with E-state index in [1.165, 1.54) is 23.0 Å². The molecule has 1 saturated heterocycles. The average Bonchev–Trinajstić information content (AvgIpc) is 3.54. The number of rotatable bonds is 5. The summed E-state index contributed by atoms with van der Waals surface area (Å²) in [6, 6.07) is 11.5. The van der Waals surface area contributed by atoms with Gasteiger partial charge in [0.15, 0.2) is 5.76 Å². The van der Waals surface area contributed by atoms with Crippen molar-refractivity contribution in [3.05, 3.63) is 57.6 Å². The monoisotopic (exact) mass is 516 g/mol. The minimum Gasteiger partial charge on any atom is -0.492 e. The van der Waals surface area contributed by atoms with E-state index in [0.29, 0.717) is 42.5 Å². The lowest BCUT2D eigenvalue weighted by atomic mass is 9.94. The van der Waals surface area contributed by atoms with Gasteiger partial charge < -0.3 is 14.3 Å². The number of likely N-dealkylation sites (tertiary alicyclic amines) is 1. The van der Waals surface area contributed by atoms with Crippen molar-refractivity contribution in [3.63, 3.8) is 0 Å².